The van der Waals surface area contributed by atoms with Crippen LogP contribution in [-0.2, 0) is 11.0 Å². The van der Waals surface area contributed by atoms with Crippen LogP contribution < -0.4 is 5.32 Å². The second kappa shape index (κ2) is 6.40. The number of carbonyl (C=O) groups is 2. The van der Waals surface area contributed by atoms with Crippen LogP contribution >= 0.6 is 0 Å². The molecule has 2 amide bonds. The van der Waals surface area contributed by atoms with E-state index in [1.807, 2.05) is 0 Å². The summed E-state index contributed by atoms with van der Waals surface area (Å²) in [5, 5.41) is 2.69. The van der Waals surface area contributed by atoms with Crippen molar-refractivity contribution in [3.8, 4) is 11.5 Å². The second-order valence-corrected chi connectivity index (χ2v) is 6.77. The van der Waals surface area contributed by atoms with Crippen LogP contribution in [-0.4, -0.2) is 40.3 Å². The van der Waals surface area contributed by atoms with Crippen molar-refractivity contribution in [3.63, 3.8) is 0 Å². The number of oxazole rings is 1. The first-order chi connectivity index (χ1) is 12.5. The van der Waals surface area contributed by atoms with Gasteiger partial charge in [-0.1, -0.05) is 6.07 Å². The van der Waals surface area contributed by atoms with E-state index in [-0.39, 0.29) is 28.8 Å². The zero-order chi connectivity index (χ0) is 20.0. The predicted octanol–water partition coefficient (Wildman–Crippen LogP) is 3.02. The largest absolute Gasteiger partial charge is 0.441 e. The monoisotopic (exact) mass is 381 g/mol. The van der Waals surface area contributed by atoms with Gasteiger partial charge in [0, 0.05) is 18.7 Å². The minimum atomic E-state index is -4.50. The third-order valence-corrected chi connectivity index (χ3v) is 4.53. The van der Waals surface area contributed by atoms with Gasteiger partial charge < -0.3 is 14.6 Å². The number of aryl methyl sites for hydroxylation is 1. The molecule has 2 heterocycles. The van der Waals surface area contributed by atoms with Gasteiger partial charge in [-0.2, -0.15) is 13.2 Å². The molecule has 0 spiro atoms. The highest BCUT2D eigenvalue weighted by Crippen LogP contribution is 2.32. The maximum atomic E-state index is 12.9. The van der Waals surface area contributed by atoms with Gasteiger partial charge in [-0.15, -0.1) is 0 Å². The Hall–Kier alpha value is -2.84. The number of nitrogens with one attached hydrogen (secondary N) is 1. The highest BCUT2D eigenvalue weighted by Gasteiger charge is 2.42. The number of alkyl halides is 3. The zero-order valence-electron chi connectivity index (χ0n) is 15.0. The Morgan fingerprint density at radius 3 is 2.70 bits per heavy atom. The summed E-state index contributed by atoms with van der Waals surface area (Å²) in [4.78, 5) is 30.4. The molecule has 0 aliphatic carbocycles. The van der Waals surface area contributed by atoms with E-state index >= 15 is 0 Å². The smallest absolute Gasteiger partial charge is 0.416 e. The van der Waals surface area contributed by atoms with Crippen molar-refractivity contribution in [3.05, 3.63) is 41.3 Å². The minimum Gasteiger partial charge on any atom is -0.441 e. The van der Waals surface area contributed by atoms with Gasteiger partial charge in [-0.05, 0) is 39.0 Å². The Labute approximate surface area is 153 Å². The van der Waals surface area contributed by atoms with Gasteiger partial charge in [0.05, 0.1) is 5.56 Å². The lowest BCUT2D eigenvalue weighted by Crippen LogP contribution is -2.63. The van der Waals surface area contributed by atoms with Gasteiger partial charge in [0.2, 0.25) is 11.8 Å². The van der Waals surface area contributed by atoms with E-state index in [9.17, 15) is 22.8 Å². The van der Waals surface area contributed by atoms with E-state index in [1.54, 1.807) is 13.8 Å². The highest BCUT2D eigenvalue weighted by atomic mass is 19.4. The summed E-state index contributed by atoms with van der Waals surface area (Å²) in [5.74, 6) is -0.703. The Kier molecular flexibility index (Phi) is 4.49. The zero-order valence-corrected chi connectivity index (χ0v) is 15.0. The van der Waals surface area contributed by atoms with E-state index < -0.39 is 23.2 Å². The molecule has 2 aromatic rings. The molecule has 0 atom stereocenters. The van der Waals surface area contributed by atoms with Crippen LogP contribution in [0.25, 0.3) is 11.5 Å². The van der Waals surface area contributed by atoms with Gasteiger partial charge in [0.25, 0.3) is 5.91 Å². The van der Waals surface area contributed by atoms with Crippen molar-refractivity contribution in [2.75, 3.05) is 13.1 Å². The van der Waals surface area contributed by atoms with E-state index in [2.05, 4.69) is 10.3 Å². The molecule has 27 heavy (non-hydrogen) atoms. The highest BCUT2D eigenvalue weighted by molar-refractivity contribution is 5.99. The first-order valence-corrected chi connectivity index (χ1v) is 8.27. The summed E-state index contributed by atoms with van der Waals surface area (Å²) in [5.41, 5.74) is -1.82. The Morgan fingerprint density at radius 1 is 1.33 bits per heavy atom. The summed E-state index contributed by atoms with van der Waals surface area (Å²) in [6.45, 7) is 5.34. The molecule has 1 aromatic heterocycles. The number of aromatic nitrogens is 1. The van der Waals surface area contributed by atoms with Crippen LogP contribution in [0.3, 0.4) is 0 Å². The molecule has 144 valence electrons. The summed E-state index contributed by atoms with van der Waals surface area (Å²) in [6.07, 6.45) is -4.50. The van der Waals surface area contributed by atoms with E-state index in [0.29, 0.717) is 13.1 Å². The van der Waals surface area contributed by atoms with Gasteiger partial charge in [0.1, 0.15) is 11.3 Å². The number of hydrogen-bond acceptors (Lipinski definition) is 4. The van der Waals surface area contributed by atoms with Crippen LogP contribution in [0.4, 0.5) is 13.2 Å². The molecule has 3 rings (SSSR count). The Balaban J connectivity index is 1.96. The molecule has 0 bridgehead atoms. The van der Waals surface area contributed by atoms with Crippen molar-refractivity contribution < 1.29 is 27.2 Å². The average molecular weight is 381 g/mol. The standard InChI is InChI=1S/C18H18F3N3O3/c1-10-13(15(25)24-8-7-22-16(26)17(24,2)3)23-14(27-10)11-5-4-6-12(9-11)18(19,20)21/h4-6,9H,7-8H2,1-3H3,(H,22,26). The number of benzene rings is 1. The molecular formula is C18H18F3N3O3. The van der Waals surface area contributed by atoms with Crippen molar-refractivity contribution in [1.29, 1.82) is 0 Å². The molecule has 1 aliphatic rings. The Morgan fingerprint density at radius 2 is 2.04 bits per heavy atom. The number of halogens is 3. The molecule has 1 saturated heterocycles. The molecule has 0 unspecified atom stereocenters. The van der Waals surface area contributed by atoms with E-state index in [0.717, 1.165) is 12.1 Å². The fraction of sp³-hybridized carbons (Fsp3) is 0.389. The number of carbonyl (C=O) groups excluding carboxylic acids is 2. The lowest BCUT2D eigenvalue weighted by Gasteiger charge is -2.40. The summed E-state index contributed by atoms with van der Waals surface area (Å²) in [6, 6.07) is 4.53. The maximum absolute atomic E-state index is 12.9. The van der Waals surface area contributed by atoms with Crippen molar-refractivity contribution in [2.45, 2.75) is 32.5 Å². The van der Waals surface area contributed by atoms with Gasteiger partial charge >= 0.3 is 6.18 Å². The van der Waals surface area contributed by atoms with Crippen LogP contribution in [0.15, 0.2) is 28.7 Å². The molecule has 0 saturated carbocycles. The van der Waals surface area contributed by atoms with Crippen LogP contribution in [0.1, 0.15) is 35.7 Å². The predicted molar refractivity (Wildman–Crippen MR) is 89.8 cm³/mol. The lowest BCUT2D eigenvalue weighted by atomic mass is 9.98. The van der Waals surface area contributed by atoms with Crippen molar-refractivity contribution in [2.24, 2.45) is 0 Å². The SMILES string of the molecule is Cc1oc(-c2cccc(C(F)(F)F)c2)nc1C(=O)N1CCNC(=O)C1(C)C. The first-order valence-electron chi connectivity index (χ1n) is 8.27. The van der Waals surface area contributed by atoms with E-state index in [1.165, 1.54) is 24.0 Å². The molecule has 9 heteroatoms. The third-order valence-electron chi connectivity index (χ3n) is 4.53. The topological polar surface area (TPSA) is 75.4 Å². The molecule has 1 N–H and O–H groups in total. The summed E-state index contributed by atoms with van der Waals surface area (Å²) < 4.78 is 44.2. The number of nitrogens with zero attached hydrogens (tertiary/aromatic N) is 2. The fourth-order valence-corrected chi connectivity index (χ4v) is 2.93. The molecular weight excluding hydrogens is 363 g/mol. The molecule has 1 fully saturated rings. The summed E-state index contributed by atoms with van der Waals surface area (Å²) in [7, 11) is 0. The van der Waals surface area contributed by atoms with Crippen LogP contribution in [0.2, 0.25) is 0 Å². The number of hydrogen-bond donors (Lipinski definition) is 1. The quantitative estimate of drug-likeness (QED) is 0.868. The van der Waals surface area contributed by atoms with Gasteiger partial charge in [-0.3, -0.25) is 9.59 Å². The molecule has 1 aromatic carbocycles. The normalized spacial score (nSPS) is 17.0. The molecule has 6 nitrogen and oxygen atoms in total. The first kappa shape index (κ1) is 18.9. The van der Waals surface area contributed by atoms with Gasteiger partial charge in [-0.25, -0.2) is 4.98 Å². The molecule has 1 aliphatic heterocycles. The van der Waals surface area contributed by atoms with Crippen molar-refractivity contribution in [1.82, 2.24) is 15.2 Å². The summed E-state index contributed by atoms with van der Waals surface area (Å²) >= 11 is 0. The maximum Gasteiger partial charge on any atom is 0.416 e. The Bertz CT molecular complexity index is 903. The molecule has 0 radical (unpaired) electrons. The van der Waals surface area contributed by atoms with Crippen LogP contribution in [0, 0.1) is 6.92 Å². The van der Waals surface area contributed by atoms with E-state index in [4.69, 9.17) is 4.42 Å². The van der Waals surface area contributed by atoms with Crippen molar-refractivity contribution >= 4 is 11.8 Å². The van der Waals surface area contributed by atoms with Gasteiger partial charge in [0.15, 0.2) is 5.69 Å². The minimum absolute atomic E-state index is 0.0230. The average Bonchev–Trinajstić information content (AvgIpc) is 2.98. The van der Waals surface area contributed by atoms with Crippen LogP contribution in [0.5, 0.6) is 0 Å². The third kappa shape index (κ3) is 3.41. The number of amides is 2. The number of rotatable bonds is 2. The lowest BCUT2D eigenvalue weighted by molar-refractivity contribution is -0.137. The second-order valence-electron chi connectivity index (χ2n) is 6.77. The number of piperazine rings is 1. The fourth-order valence-electron chi connectivity index (χ4n) is 2.93.